The largest absolute Gasteiger partial charge is 0.484 e. The van der Waals surface area contributed by atoms with E-state index in [0.29, 0.717) is 24.8 Å². The number of piperidine rings is 1. The molecule has 0 saturated carbocycles. The van der Waals surface area contributed by atoms with Crippen LogP contribution in [0.25, 0.3) is 5.82 Å². The molecule has 1 fully saturated rings. The smallest absolute Gasteiger partial charge is 0.260 e. The van der Waals surface area contributed by atoms with Crippen LogP contribution in [0.15, 0.2) is 54.9 Å². The molecule has 1 aliphatic heterocycles. The van der Waals surface area contributed by atoms with Crippen LogP contribution in [0.3, 0.4) is 0 Å². The summed E-state index contributed by atoms with van der Waals surface area (Å²) in [6.07, 6.45) is 5.40. The molecule has 6 nitrogen and oxygen atoms in total. The van der Waals surface area contributed by atoms with Gasteiger partial charge in [0.1, 0.15) is 23.2 Å². The Balaban J connectivity index is 1.33. The minimum absolute atomic E-state index is 0.0378. The van der Waals surface area contributed by atoms with Crippen LogP contribution in [0.2, 0.25) is 0 Å². The summed E-state index contributed by atoms with van der Waals surface area (Å²) >= 11 is 0. The minimum Gasteiger partial charge on any atom is -0.484 e. The fourth-order valence-corrected chi connectivity index (χ4v) is 3.61. The van der Waals surface area contributed by atoms with Crippen molar-refractivity contribution in [2.45, 2.75) is 25.7 Å². The number of rotatable bonds is 5. The molecule has 1 amide bonds. The van der Waals surface area contributed by atoms with E-state index in [-0.39, 0.29) is 18.3 Å². The molecule has 29 heavy (non-hydrogen) atoms. The van der Waals surface area contributed by atoms with E-state index in [9.17, 15) is 9.18 Å². The van der Waals surface area contributed by atoms with Crippen LogP contribution in [-0.2, 0) is 4.79 Å². The van der Waals surface area contributed by atoms with Gasteiger partial charge < -0.3 is 9.64 Å². The Morgan fingerprint density at radius 1 is 1.17 bits per heavy atom. The molecule has 7 heteroatoms. The van der Waals surface area contributed by atoms with Crippen LogP contribution < -0.4 is 4.74 Å². The maximum absolute atomic E-state index is 12.9. The van der Waals surface area contributed by atoms with Crippen molar-refractivity contribution in [3.63, 3.8) is 0 Å². The van der Waals surface area contributed by atoms with Crippen molar-refractivity contribution in [2.75, 3.05) is 19.7 Å². The predicted octanol–water partition coefficient (Wildman–Crippen LogP) is 3.50. The molecule has 4 rings (SSSR count). The second-order valence-electron chi connectivity index (χ2n) is 7.16. The van der Waals surface area contributed by atoms with Crippen LogP contribution in [0.5, 0.6) is 5.75 Å². The number of amides is 1. The van der Waals surface area contributed by atoms with Crippen molar-refractivity contribution in [2.24, 2.45) is 0 Å². The number of carbonyl (C=O) groups is 1. The van der Waals surface area contributed by atoms with Crippen LogP contribution in [-0.4, -0.2) is 45.0 Å². The molecule has 1 saturated heterocycles. The number of aromatic nitrogens is 3. The second-order valence-corrected chi connectivity index (χ2v) is 7.16. The number of pyridine rings is 1. The van der Waals surface area contributed by atoms with Crippen molar-refractivity contribution in [3.05, 3.63) is 72.2 Å². The molecule has 0 bridgehead atoms. The molecule has 1 aromatic carbocycles. The lowest BCUT2D eigenvalue weighted by atomic mass is 9.93. The number of halogens is 1. The van der Waals surface area contributed by atoms with Gasteiger partial charge in [-0.15, -0.1) is 0 Å². The van der Waals surface area contributed by atoms with Crippen molar-refractivity contribution < 1.29 is 13.9 Å². The summed E-state index contributed by atoms with van der Waals surface area (Å²) in [5.74, 6) is 2.20. The number of hydrogen-bond donors (Lipinski definition) is 0. The van der Waals surface area contributed by atoms with E-state index >= 15 is 0 Å². The summed E-state index contributed by atoms with van der Waals surface area (Å²) in [6.45, 7) is 3.26. The summed E-state index contributed by atoms with van der Waals surface area (Å²) in [7, 11) is 0. The lowest BCUT2D eigenvalue weighted by molar-refractivity contribution is -0.134. The molecule has 150 valence electrons. The van der Waals surface area contributed by atoms with E-state index in [1.807, 2.05) is 34.7 Å². The van der Waals surface area contributed by atoms with Gasteiger partial charge in [-0.25, -0.2) is 14.4 Å². The van der Waals surface area contributed by atoms with Gasteiger partial charge in [0.15, 0.2) is 6.61 Å². The lowest BCUT2D eigenvalue weighted by Crippen LogP contribution is -2.40. The first-order valence-corrected chi connectivity index (χ1v) is 9.73. The van der Waals surface area contributed by atoms with Crippen molar-refractivity contribution >= 4 is 5.91 Å². The van der Waals surface area contributed by atoms with E-state index in [0.717, 1.165) is 30.2 Å². The number of imidazole rings is 1. The average molecular weight is 394 g/mol. The molecule has 2 aromatic heterocycles. The molecule has 0 radical (unpaired) electrons. The number of hydrogen-bond acceptors (Lipinski definition) is 4. The SMILES string of the molecule is Cc1nccn1-c1cccc(C2CCN(C(=O)COc3ccc(F)cc3)CC2)n1. The van der Waals surface area contributed by atoms with E-state index in [1.165, 1.54) is 24.3 Å². The van der Waals surface area contributed by atoms with Crippen LogP contribution in [0.1, 0.15) is 30.3 Å². The van der Waals surface area contributed by atoms with E-state index < -0.39 is 0 Å². The highest BCUT2D eigenvalue weighted by atomic mass is 19.1. The Kier molecular flexibility index (Phi) is 5.55. The first-order valence-electron chi connectivity index (χ1n) is 9.73. The number of carbonyl (C=O) groups excluding carboxylic acids is 1. The summed E-state index contributed by atoms with van der Waals surface area (Å²) in [5, 5.41) is 0. The average Bonchev–Trinajstić information content (AvgIpc) is 3.19. The highest BCUT2D eigenvalue weighted by Gasteiger charge is 2.25. The Morgan fingerprint density at radius 3 is 2.62 bits per heavy atom. The standard InChI is InChI=1S/C22H23FN4O2/c1-16-24-11-14-27(16)21-4-2-3-20(25-21)17-9-12-26(13-10-17)22(28)15-29-19-7-5-18(23)6-8-19/h2-8,11,14,17H,9-10,12-13,15H2,1H3. The molecule has 3 aromatic rings. The first kappa shape index (κ1) is 19.1. The Hall–Kier alpha value is -3.22. The second kappa shape index (κ2) is 8.43. The maximum Gasteiger partial charge on any atom is 0.260 e. The summed E-state index contributed by atoms with van der Waals surface area (Å²) in [5.41, 5.74) is 1.05. The van der Waals surface area contributed by atoms with Crippen molar-refractivity contribution in [1.82, 2.24) is 19.4 Å². The molecule has 0 unspecified atom stereocenters. The lowest BCUT2D eigenvalue weighted by Gasteiger charge is -2.31. The summed E-state index contributed by atoms with van der Waals surface area (Å²) in [6, 6.07) is 11.7. The zero-order valence-corrected chi connectivity index (χ0v) is 16.3. The van der Waals surface area contributed by atoms with Crippen LogP contribution in [0, 0.1) is 12.7 Å². The molecule has 0 atom stereocenters. The quantitative estimate of drug-likeness (QED) is 0.665. The third-order valence-corrected chi connectivity index (χ3v) is 5.27. The van der Waals surface area contributed by atoms with Gasteiger partial charge in [-0.3, -0.25) is 9.36 Å². The number of aryl methyl sites for hydroxylation is 1. The predicted molar refractivity (Wildman–Crippen MR) is 107 cm³/mol. The molecule has 1 aliphatic rings. The third kappa shape index (κ3) is 4.45. The van der Waals surface area contributed by atoms with E-state index in [1.54, 1.807) is 6.20 Å². The Labute approximate surface area is 169 Å². The normalized spacial score (nSPS) is 14.8. The van der Waals surface area contributed by atoms with E-state index in [4.69, 9.17) is 9.72 Å². The summed E-state index contributed by atoms with van der Waals surface area (Å²) < 4.78 is 20.4. The van der Waals surface area contributed by atoms with Gasteiger partial charge >= 0.3 is 0 Å². The van der Waals surface area contributed by atoms with Gasteiger partial charge in [0.25, 0.3) is 5.91 Å². The van der Waals surface area contributed by atoms with Gasteiger partial charge in [0, 0.05) is 37.1 Å². The highest BCUT2D eigenvalue weighted by molar-refractivity contribution is 5.77. The number of benzene rings is 1. The van der Waals surface area contributed by atoms with Crippen LogP contribution >= 0.6 is 0 Å². The van der Waals surface area contributed by atoms with Gasteiger partial charge in [-0.05, 0) is 56.2 Å². The van der Waals surface area contributed by atoms with E-state index in [2.05, 4.69) is 11.1 Å². The molecular formula is C22H23FN4O2. The van der Waals surface area contributed by atoms with Crippen molar-refractivity contribution in [3.8, 4) is 11.6 Å². The van der Waals surface area contributed by atoms with Gasteiger partial charge in [0.05, 0.1) is 0 Å². The topological polar surface area (TPSA) is 60.2 Å². The summed E-state index contributed by atoms with van der Waals surface area (Å²) in [4.78, 5) is 23.3. The molecular weight excluding hydrogens is 371 g/mol. The zero-order valence-electron chi connectivity index (χ0n) is 16.3. The van der Waals surface area contributed by atoms with Crippen molar-refractivity contribution in [1.29, 1.82) is 0 Å². The van der Waals surface area contributed by atoms with Gasteiger partial charge in [-0.2, -0.15) is 0 Å². The maximum atomic E-state index is 12.9. The zero-order chi connectivity index (χ0) is 20.2. The Morgan fingerprint density at radius 2 is 1.93 bits per heavy atom. The first-order chi connectivity index (χ1) is 14.1. The highest BCUT2D eigenvalue weighted by Crippen LogP contribution is 2.27. The number of ether oxygens (including phenoxy) is 1. The fourth-order valence-electron chi connectivity index (χ4n) is 3.61. The monoisotopic (exact) mass is 394 g/mol. The fraction of sp³-hybridized carbons (Fsp3) is 0.318. The number of nitrogens with zero attached hydrogens (tertiary/aromatic N) is 4. The Bertz CT molecular complexity index is 978. The molecule has 0 aliphatic carbocycles. The van der Waals surface area contributed by atoms with Crippen LogP contribution in [0.4, 0.5) is 4.39 Å². The number of likely N-dealkylation sites (tertiary alicyclic amines) is 1. The molecule has 3 heterocycles. The molecule has 0 spiro atoms. The third-order valence-electron chi connectivity index (χ3n) is 5.27. The van der Waals surface area contributed by atoms with Gasteiger partial charge in [0.2, 0.25) is 0 Å². The molecule has 0 N–H and O–H groups in total. The van der Waals surface area contributed by atoms with Gasteiger partial charge in [-0.1, -0.05) is 6.07 Å². The minimum atomic E-state index is -0.327.